The van der Waals surface area contributed by atoms with Gasteiger partial charge in [0.15, 0.2) is 0 Å². The van der Waals surface area contributed by atoms with Crippen LogP contribution in [-0.2, 0) is 25.5 Å². The molecule has 1 atom stereocenters. The van der Waals surface area contributed by atoms with Gasteiger partial charge in [-0.1, -0.05) is 23.2 Å². The number of hydrogen-bond acceptors (Lipinski definition) is 4. The largest absolute Gasteiger partial charge is 0.469 e. The van der Waals surface area contributed by atoms with E-state index in [4.69, 9.17) is 23.2 Å². The number of benzene rings is 1. The first-order valence-electron chi connectivity index (χ1n) is 5.56. The molecule has 6 heteroatoms. The lowest BCUT2D eigenvalue weighted by Crippen LogP contribution is -2.22. The summed E-state index contributed by atoms with van der Waals surface area (Å²) in [4.78, 5) is 22.9. The van der Waals surface area contributed by atoms with Crippen molar-refractivity contribution in [1.29, 1.82) is 0 Å². The van der Waals surface area contributed by atoms with Gasteiger partial charge in [-0.05, 0) is 30.2 Å². The molecule has 1 unspecified atom stereocenters. The second kappa shape index (κ2) is 7.36. The standard InChI is InChI=1S/C13H14Cl2O4/c1-18-12(16)6-9(13(17)19-2)3-8-4-10(14)7-11(15)5-8/h4-5,7,9H,3,6H2,1-2H3. The lowest BCUT2D eigenvalue weighted by atomic mass is 9.96. The van der Waals surface area contributed by atoms with E-state index in [1.807, 2.05) is 0 Å². The first-order valence-corrected chi connectivity index (χ1v) is 6.31. The molecule has 0 amide bonds. The van der Waals surface area contributed by atoms with E-state index in [-0.39, 0.29) is 6.42 Å². The van der Waals surface area contributed by atoms with E-state index in [0.29, 0.717) is 16.5 Å². The zero-order chi connectivity index (χ0) is 14.4. The monoisotopic (exact) mass is 304 g/mol. The molecule has 0 spiro atoms. The van der Waals surface area contributed by atoms with E-state index in [2.05, 4.69) is 9.47 Å². The van der Waals surface area contributed by atoms with Crippen LogP contribution in [0.2, 0.25) is 10.0 Å². The molecule has 0 radical (unpaired) electrons. The first-order chi connectivity index (χ1) is 8.96. The summed E-state index contributed by atoms with van der Waals surface area (Å²) in [6, 6.07) is 4.99. The molecule has 4 nitrogen and oxygen atoms in total. The summed E-state index contributed by atoms with van der Waals surface area (Å²) < 4.78 is 9.24. The Morgan fingerprint density at radius 2 is 1.68 bits per heavy atom. The van der Waals surface area contributed by atoms with Crippen LogP contribution in [0.1, 0.15) is 12.0 Å². The Hall–Kier alpha value is -1.26. The van der Waals surface area contributed by atoms with Crippen LogP contribution in [0.3, 0.4) is 0 Å². The van der Waals surface area contributed by atoms with Crippen molar-refractivity contribution in [1.82, 2.24) is 0 Å². The van der Waals surface area contributed by atoms with E-state index < -0.39 is 17.9 Å². The van der Waals surface area contributed by atoms with E-state index in [1.54, 1.807) is 18.2 Å². The SMILES string of the molecule is COC(=O)CC(Cc1cc(Cl)cc(Cl)c1)C(=O)OC. The van der Waals surface area contributed by atoms with Gasteiger partial charge in [-0.2, -0.15) is 0 Å². The van der Waals surface area contributed by atoms with Gasteiger partial charge < -0.3 is 9.47 Å². The molecule has 0 heterocycles. The molecule has 0 fully saturated rings. The molecule has 0 aliphatic rings. The van der Waals surface area contributed by atoms with Crippen molar-refractivity contribution in [3.63, 3.8) is 0 Å². The van der Waals surface area contributed by atoms with Crippen LogP contribution >= 0.6 is 23.2 Å². The smallest absolute Gasteiger partial charge is 0.309 e. The van der Waals surface area contributed by atoms with Crippen molar-refractivity contribution in [3.05, 3.63) is 33.8 Å². The van der Waals surface area contributed by atoms with Crippen LogP contribution in [0, 0.1) is 5.92 Å². The molecule has 0 saturated carbocycles. The van der Waals surface area contributed by atoms with Gasteiger partial charge in [0.05, 0.1) is 26.6 Å². The quantitative estimate of drug-likeness (QED) is 0.785. The molecule has 1 aromatic carbocycles. The second-order valence-corrected chi connectivity index (χ2v) is 4.86. The highest BCUT2D eigenvalue weighted by molar-refractivity contribution is 6.34. The molecule has 104 valence electrons. The van der Waals surface area contributed by atoms with Crippen LogP contribution in [0.15, 0.2) is 18.2 Å². The van der Waals surface area contributed by atoms with E-state index >= 15 is 0 Å². The minimum atomic E-state index is -0.619. The Morgan fingerprint density at radius 3 is 2.16 bits per heavy atom. The lowest BCUT2D eigenvalue weighted by Gasteiger charge is -2.13. The zero-order valence-corrected chi connectivity index (χ0v) is 12.1. The fourth-order valence-corrected chi connectivity index (χ4v) is 2.27. The minimum absolute atomic E-state index is 0.0483. The molecule has 0 saturated heterocycles. The summed E-state index contributed by atoms with van der Waals surface area (Å²) in [6.07, 6.45) is 0.259. The van der Waals surface area contributed by atoms with Gasteiger partial charge in [0, 0.05) is 10.0 Å². The third-order valence-electron chi connectivity index (χ3n) is 2.58. The highest BCUT2D eigenvalue weighted by Crippen LogP contribution is 2.22. The number of halogens is 2. The van der Waals surface area contributed by atoms with Gasteiger partial charge in [-0.3, -0.25) is 9.59 Å². The normalized spacial score (nSPS) is 11.8. The predicted octanol–water partition coefficient (Wildman–Crippen LogP) is 2.89. The van der Waals surface area contributed by atoms with E-state index in [1.165, 1.54) is 14.2 Å². The van der Waals surface area contributed by atoms with Gasteiger partial charge in [-0.15, -0.1) is 0 Å². The van der Waals surface area contributed by atoms with Crippen molar-refractivity contribution in [2.24, 2.45) is 5.92 Å². The van der Waals surface area contributed by atoms with Crippen LogP contribution in [0.4, 0.5) is 0 Å². The summed E-state index contributed by atoms with van der Waals surface area (Å²) in [7, 11) is 2.55. The maximum atomic E-state index is 11.6. The Kier molecular flexibility index (Phi) is 6.12. The Labute approximate surface area is 121 Å². The molecule has 0 aliphatic heterocycles. The highest BCUT2D eigenvalue weighted by Gasteiger charge is 2.23. The molecule has 1 rings (SSSR count). The number of rotatable bonds is 5. The van der Waals surface area contributed by atoms with Crippen molar-refractivity contribution in [3.8, 4) is 0 Å². The van der Waals surface area contributed by atoms with Crippen molar-refractivity contribution in [2.75, 3.05) is 14.2 Å². The highest BCUT2D eigenvalue weighted by atomic mass is 35.5. The average molecular weight is 305 g/mol. The van der Waals surface area contributed by atoms with Crippen LogP contribution in [-0.4, -0.2) is 26.2 Å². The summed E-state index contributed by atoms with van der Waals surface area (Å²) in [6.45, 7) is 0. The summed E-state index contributed by atoms with van der Waals surface area (Å²) in [5.74, 6) is -1.56. The molecule has 1 aromatic rings. The van der Waals surface area contributed by atoms with Gasteiger partial charge in [-0.25, -0.2) is 0 Å². The lowest BCUT2D eigenvalue weighted by molar-refractivity contribution is -0.151. The molecular weight excluding hydrogens is 291 g/mol. The summed E-state index contributed by atoms with van der Waals surface area (Å²) >= 11 is 11.8. The fourth-order valence-electron chi connectivity index (χ4n) is 1.70. The summed E-state index contributed by atoms with van der Waals surface area (Å²) in [5.41, 5.74) is 0.761. The number of carbonyl (C=O) groups is 2. The molecule has 0 N–H and O–H groups in total. The van der Waals surface area contributed by atoms with E-state index in [0.717, 1.165) is 5.56 Å². The second-order valence-electron chi connectivity index (χ2n) is 3.98. The molecular formula is C13H14Cl2O4. The van der Waals surface area contributed by atoms with Crippen molar-refractivity contribution < 1.29 is 19.1 Å². The topological polar surface area (TPSA) is 52.6 Å². The average Bonchev–Trinajstić information content (AvgIpc) is 2.35. The molecule has 19 heavy (non-hydrogen) atoms. The predicted molar refractivity (Wildman–Crippen MR) is 72.3 cm³/mol. The number of methoxy groups -OCH3 is 2. The number of esters is 2. The number of ether oxygens (including phenoxy) is 2. The summed E-state index contributed by atoms with van der Waals surface area (Å²) in [5, 5.41) is 0.952. The molecule has 0 aliphatic carbocycles. The van der Waals surface area contributed by atoms with Gasteiger partial charge >= 0.3 is 11.9 Å². The minimum Gasteiger partial charge on any atom is -0.469 e. The Bertz CT molecular complexity index is 453. The first kappa shape index (κ1) is 15.8. The van der Waals surface area contributed by atoms with Crippen molar-refractivity contribution >= 4 is 35.1 Å². The van der Waals surface area contributed by atoms with Gasteiger partial charge in [0.2, 0.25) is 0 Å². The van der Waals surface area contributed by atoms with Gasteiger partial charge in [0.1, 0.15) is 0 Å². The molecule has 0 aromatic heterocycles. The fraction of sp³-hybridized carbons (Fsp3) is 0.385. The molecule has 0 bridgehead atoms. The van der Waals surface area contributed by atoms with Crippen LogP contribution in [0.25, 0.3) is 0 Å². The Morgan fingerprint density at radius 1 is 1.11 bits per heavy atom. The number of hydrogen-bond donors (Lipinski definition) is 0. The van der Waals surface area contributed by atoms with Crippen LogP contribution < -0.4 is 0 Å². The van der Waals surface area contributed by atoms with Gasteiger partial charge in [0.25, 0.3) is 0 Å². The number of carbonyl (C=O) groups excluding carboxylic acids is 2. The Balaban J connectivity index is 2.87. The van der Waals surface area contributed by atoms with Crippen molar-refractivity contribution in [2.45, 2.75) is 12.8 Å². The van der Waals surface area contributed by atoms with E-state index in [9.17, 15) is 9.59 Å². The maximum Gasteiger partial charge on any atom is 0.309 e. The van der Waals surface area contributed by atoms with Crippen LogP contribution in [0.5, 0.6) is 0 Å². The third kappa shape index (κ3) is 5.09. The maximum absolute atomic E-state index is 11.6. The zero-order valence-electron chi connectivity index (χ0n) is 10.6. The third-order valence-corrected chi connectivity index (χ3v) is 3.02.